The number of aryl methyl sites for hydroxylation is 1. The summed E-state index contributed by atoms with van der Waals surface area (Å²) in [7, 11) is 3.34. The van der Waals surface area contributed by atoms with Gasteiger partial charge in [0.05, 0.1) is 35.8 Å². The fourth-order valence-corrected chi connectivity index (χ4v) is 2.87. The molecule has 1 amide bonds. The topological polar surface area (TPSA) is 94.0 Å². The van der Waals surface area contributed by atoms with Crippen LogP contribution in [0.5, 0.6) is 5.75 Å². The lowest BCUT2D eigenvalue weighted by atomic mass is 10.1. The third-order valence-electron chi connectivity index (χ3n) is 3.91. The Morgan fingerprint density at radius 3 is 2.62 bits per heavy atom. The molecule has 0 bridgehead atoms. The summed E-state index contributed by atoms with van der Waals surface area (Å²) in [5, 5.41) is 10.6. The summed E-state index contributed by atoms with van der Waals surface area (Å²) in [4.78, 5) is 21.2. The van der Waals surface area contributed by atoms with Crippen LogP contribution in [0.3, 0.4) is 0 Å². The van der Waals surface area contributed by atoms with Crippen molar-refractivity contribution >= 4 is 29.1 Å². The molecule has 152 valence electrons. The minimum atomic E-state index is -0.348. The quantitative estimate of drug-likeness (QED) is 0.659. The zero-order valence-electron chi connectivity index (χ0n) is 16.9. The van der Waals surface area contributed by atoms with E-state index in [-0.39, 0.29) is 11.4 Å². The Kier molecular flexibility index (Phi) is 5.74. The lowest BCUT2D eigenvalue weighted by molar-refractivity contribution is 0.0916. The molecule has 8 nitrogen and oxygen atoms in total. The van der Waals surface area contributed by atoms with Crippen LogP contribution in [0, 0.1) is 0 Å². The standard InChI is InChI=1S/C20H23ClN6O2/c1-20(2,3)26-18(28)14-7-6-13(8-16(14)29-5)24-19-22-10-15(21)17(25-19)12-9-23-27(4)11-12/h6-11H,1-5H3,(H,26,28)(H,22,24,25). The summed E-state index contributed by atoms with van der Waals surface area (Å²) < 4.78 is 7.07. The van der Waals surface area contributed by atoms with Gasteiger partial charge in [0.2, 0.25) is 5.95 Å². The highest BCUT2D eigenvalue weighted by Crippen LogP contribution is 2.28. The minimum Gasteiger partial charge on any atom is -0.496 e. The van der Waals surface area contributed by atoms with Crippen LogP contribution in [0.15, 0.2) is 36.8 Å². The monoisotopic (exact) mass is 414 g/mol. The van der Waals surface area contributed by atoms with Gasteiger partial charge in [0.25, 0.3) is 5.91 Å². The second kappa shape index (κ2) is 8.08. The number of rotatable bonds is 5. The molecule has 0 fully saturated rings. The summed E-state index contributed by atoms with van der Waals surface area (Å²) in [6, 6.07) is 5.18. The highest BCUT2D eigenvalue weighted by atomic mass is 35.5. The molecule has 29 heavy (non-hydrogen) atoms. The first-order chi connectivity index (χ1) is 13.7. The third kappa shape index (κ3) is 5.03. The normalized spacial score (nSPS) is 11.2. The van der Waals surface area contributed by atoms with Crippen molar-refractivity contribution in [2.45, 2.75) is 26.3 Å². The van der Waals surface area contributed by atoms with Crippen molar-refractivity contribution in [2.24, 2.45) is 7.05 Å². The summed E-state index contributed by atoms with van der Waals surface area (Å²) in [6.45, 7) is 5.76. The molecule has 2 heterocycles. The zero-order chi connectivity index (χ0) is 21.2. The predicted octanol–water partition coefficient (Wildman–Crippen LogP) is 3.81. The average Bonchev–Trinajstić information content (AvgIpc) is 3.08. The molecule has 0 aliphatic carbocycles. The summed E-state index contributed by atoms with van der Waals surface area (Å²) in [5.41, 5.74) is 2.13. The third-order valence-corrected chi connectivity index (χ3v) is 4.19. The number of nitrogens with one attached hydrogen (secondary N) is 2. The number of ether oxygens (including phenoxy) is 1. The number of methoxy groups -OCH3 is 1. The smallest absolute Gasteiger partial charge is 0.255 e. The van der Waals surface area contributed by atoms with Gasteiger partial charge < -0.3 is 15.4 Å². The maximum Gasteiger partial charge on any atom is 0.255 e. The number of hydrogen-bond acceptors (Lipinski definition) is 6. The van der Waals surface area contributed by atoms with Crippen molar-refractivity contribution in [1.82, 2.24) is 25.1 Å². The van der Waals surface area contributed by atoms with Crippen LogP contribution in [0.4, 0.5) is 11.6 Å². The minimum absolute atomic E-state index is 0.206. The molecular formula is C20H23ClN6O2. The molecule has 2 aromatic heterocycles. The first-order valence-corrected chi connectivity index (χ1v) is 9.33. The van der Waals surface area contributed by atoms with Gasteiger partial charge >= 0.3 is 0 Å². The lowest BCUT2D eigenvalue weighted by Crippen LogP contribution is -2.40. The fraction of sp³-hybridized carbons (Fsp3) is 0.300. The van der Waals surface area contributed by atoms with E-state index in [0.717, 1.165) is 5.56 Å². The van der Waals surface area contributed by atoms with Crippen LogP contribution in [-0.2, 0) is 7.05 Å². The van der Waals surface area contributed by atoms with Gasteiger partial charge in [-0.15, -0.1) is 0 Å². The first kappa shape index (κ1) is 20.6. The van der Waals surface area contributed by atoms with E-state index in [4.69, 9.17) is 16.3 Å². The van der Waals surface area contributed by atoms with Gasteiger partial charge in [0, 0.05) is 36.1 Å². The molecule has 1 aromatic carbocycles. The Hall–Kier alpha value is -3.13. The molecule has 3 rings (SSSR count). The van der Waals surface area contributed by atoms with Gasteiger partial charge in [-0.2, -0.15) is 5.10 Å². The number of aromatic nitrogens is 4. The van der Waals surface area contributed by atoms with Gasteiger partial charge in [-0.05, 0) is 32.9 Å². The predicted molar refractivity (Wildman–Crippen MR) is 113 cm³/mol. The summed E-state index contributed by atoms with van der Waals surface area (Å²) in [6.07, 6.45) is 5.04. The number of anilines is 2. The maximum absolute atomic E-state index is 12.5. The number of halogens is 1. The Balaban J connectivity index is 1.86. The lowest BCUT2D eigenvalue weighted by Gasteiger charge is -2.21. The van der Waals surface area contributed by atoms with E-state index in [1.807, 2.05) is 34.0 Å². The van der Waals surface area contributed by atoms with Crippen molar-refractivity contribution in [2.75, 3.05) is 12.4 Å². The number of amides is 1. The van der Waals surface area contributed by atoms with Crippen molar-refractivity contribution in [3.05, 3.63) is 47.4 Å². The van der Waals surface area contributed by atoms with Crippen LogP contribution in [0.2, 0.25) is 5.02 Å². The maximum atomic E-state index is 12.5. The SMILES string of the molecule is COc1cc(Nc2ncc(Cl)c(-c3cnn(C)c3)n2)ccc1C(=O)NC(C)(C)C. The Bertz CT molecular complexity index is 1040. The molecule has 0 atom stereocenters. The number of hydrogen-bond donors (Lipinski definition) is 2. The molecule has 0 unspecified atom stereocenters. The largest absolute Gasteiger partial charge is 0.496 e. The summed E-state index contributed by atoms with van der Waals surface area (Å²) >= 11 is 6.24. The zero-order valence-corrected chi connectivity index (χ0v) is 17.7. The highest BCUT2D eigenvalue weighted by molar-refractivity contribution is 6.32. The molecule has 9 heteroatoms. The molecule has 0 spiro atoms. The van der Waals surface area contributed by atoms with E-state index in [0.29, 0.717) is 33.7 Å². The van der Waals surface area contributed by atoms with E-state index >= 15 is 0 Å². The molecule has 3 aromatic rings. The highest BCUT2D eigenvalue weighted by Gasteiger charge is 2.19. The molecule has 0 saturated carbocycles. The van der Waals surface area contributed by atoms with Gasteiger partial charge in [-0.25, -0.2) is 9.97 Å². The van der Waals surface area contributed by atoms with E-state index in [1.165, 1.54) is 13.3 Å². The number of carbonyl (C=O) groups excluding carboxylic acids is 1. The molecule has 0 aliphatic rings. The van der Waals surface area contributed by atoms with Gasteiger partial charge in [-0.3, -0.25) is 9.48 Å². The average molecular weight is 415 g/mol. The van der Waals surface area contributed by atoms with E-state index < -0.39 is 0 Å². The number of benzene rings is 1. The van der Waals surface area contributed by atoms with Gasteiger partial charge in [-0.1, -0.05) is 11.6 Å². The van der Waals surface area contributed by atoms with Gasteiger partial charge in [0.1, 0.15) is 5.75 Å². The number of nitrogens with zero attached hydrogens (tertiary/aromatic N) is 4. The molecule has 0 aliphatic heterocycles. The molecule has 0 radical (unpaired) electrons. The Morgan fingerprint density at radius 1 is 1.24 bits per heavy atom. The van der Waals surface area contributed by atoms with Crippen LogP contribution in [0.1, 0.15) is 31.1 Å². The van der Waals surface area contributed by atoms with Crippen molar-refractivity contribution in [3.63, 3.8) is 0 Å². The molecule has 0 saturated heterocycles. The second-order valence-electron chi connectivity index (χ2n) is 7.54. The second-order valence-corrected chi connectivity index (χ2v) is 7.94. The summed E-state index contributed by atoms with van der Waals surface area (Å²) in [5.74, 6) is 0.600. The van der Waals surface area contributed by atoms with Crippen molar-refractivity contribution in [3.8, 4) is 17.0 Å². The molecule has 2 N–H and O–H groups in total. The van der Waals surface area contributed by atoms with E-state index in [9.17, 15) is 4.79 Å². The van der Waals surface area contributed by atoms with Gasteiger partial charge in [0.15, 0.2) is 0 Å². The van der Waals surface area contributed by atoms with Crippen LogP contribution >= 0.6 is 11.6 Å². The van der Waals surface area contributed by atoms with Crippen molar-refractivity contribution < 1.29 is 9.53 Å². The van der Waals surface area contributed by atoms with E-state index in [1.54, 1.807) is 29.1 Å². The Labute approximate surface area is 174 Å². The van der Waals surface area contributed by atoms with Crippen LogP contribution in [0.25, 0.3) is 11.3 Å². The molecular weight excluding hydrogens is 392 g/mol. The van der Waals surface area contributed by atoms with Crippen LogP contribution < -0.4 is 15.4 Å². The fourth-order valence-electron chi connectivity index (χ4n) is 2.67. The van der Waals surface area contributed by atoms with E-state index in [2.05, 4.69) is 25.7 Å². The first-order valence-electron chi connectivity index (χ1n) is 8.95. The van der Waals surface area contributed by atoms with Crippen molar-refractivity contribution in [1.29, 1.82) is 0 Å². The Morgan fingerprint density at radius 2 is 2.00 bits per heavy atom. The van der Waals surface area contributed by atoms with Crippen LogP contribution in [-0.4, -0.2) is 38.3 Å². The number of carbonyl (C=O) groups is 1.